The van der Waals surface area contributed by atoms with Crippen LogP contribution in [0.1, 0.15) is 23.6 Å². The highest BCUT2D eigenvalue weighted by atomic mass is 16.3. The lowest BCUT2D eigenvalue weighted by Crippen LogP contribution is -2.38. The van der Waals surface area contributed by atoms with Crippen LogP contribution in [0.2, 0.25) is 0 Å². The zero-order valence-corrected chi connectivity index (χ0v) is 12.6. The lowest BCUT2D eigenvalue weighted by molar-refractivity contribution is 0.134. The molecule has 0 aliphatic rings. The minimum absolute atomic E-state index is 0.0508. The van der Waals surface area contributed by atoms with Gasteiger partial charge in [0.1, 0.15) is 5.75 Å². The number of aliphatic hydroxyl groups excluding tert-OH is 1. The molecule has 0 saturated carbocycles. The molecule has 2 aromatic rings. The number of aryl methyl sites for hydroxylation is 1. The largest absolute Gasteiger partial charge is 0.508 e. The Hall–Kier alpha value is -1.84. The highest BCUT2D eigenvalue weighted by Gasteiger charge is 2.14. The van der Waals surface area contributed by atoms with Crippen LogP contribution in [0.25, 0.3) is 0 Å². The van der Waals surface area contributed by atoms with E-state index in [0.29, 0.717) is 13.0 Å². The van der Waals surface area contributed by atoms with Crippen LogP contribution in [0.3, 0.4) is 0 Å². The molecule has 2 atom stereocenters. The van der Waals surface area contributed by atoms with Crippen LogP contribution in [0.15, 0.2) is 48.5 Å². The van der Waals surface area contributed by atoms with Crippen molar-refractivity contribution >= 4 is 0 Å². The van der Waals surface area contributed by atoms with Crippen molar-refractivity contribution in [3.8, 4) is 5.75 Å². The van der Waals surface area contributed by atoms with Gasteiger partial charge in [0.2, 0.25) is 0 Å². The summed E-state index contributed by atoms with van der Waals surface area (Å²) in [7, 11) is 0. The van der Waals surface area contributed by atoms with Gasteiger partial charge < -0.3 is 15.5 Å². The molecule has 0 amide bonds. The first-order valence-corrected chi connectivity index (χ1v) is 7.30. The van der Waals surface area contributed by atoms with Gasteiger partial charge in [0, 0.05) is 18.2 Å². The molecule has 0 aliphatic carbocycles. The molecule has 0 radical (unpaired) electrons. The van der Waals surface area contributed by atoms with Crippen LogP contribution in [0.4, 0.5) is 0 Å². The van der Waals surface area contributed by atoms with Gasteiger partial charge in [-0.05, 0) is 31.9 Å². The molecule has 0 spiro atoms. The minimum atomic E-state index is -0.459. The second-order valence-electron chi connectivity index (χ2n) is 5.56. The molecule has 0 heterocycles. The SMILES string of the molecule is Cc1ccc(O)c(CNC(C)C(O)Cc2ccccc2)c1. The number of rotatable bonds is 6. The maximum Gasteiger partial charge on any atom is 0.120 e. The van der Waals surface area contributed by atoms with Crippen LogP contribution in [-0.2, 0) is 13.0 Å². The molecule has 112 valence electrons. The molecule has 0 aliphatic heterocycles. The smallest absolute Gasteiger partial charge is 0.120 e. The van der Waals surface area contributed by atoms with Crippen molar-refractivity contribution in [3.63, 3.8) is 0 Å². The molecule has 21 heavy (non-hydrogen) atoms. The summed E-state index contributed by atoms with van der Waals surface area (Å²) < 4.78 is 0. The Kier molecular flexibility index (Phi) is 5.37. The standard InChI is InChI=1S/C18H23NO2/c1-13-8-9-17(20)16(10-13)12-19-14(2)18(21)11-15-6-4-3-5-7-15/h3-10,14,18-21H,11-12H2,1-2H3. The van der Waals surface area contributed by atoms with E-state index in [1.54, 1.807) is 6.07 Å². The molecule has 3 heteroatoms. The molecule has 0 bridgehead atoms. The lowest BCUT2D eigenvalue weighted by atomic mass is 10.0. The Morgan fingerprint density at radius 2 is 1.81 bits per heavy atom. The quantitative estimate of drug-likeness (QED) is 0.765. The van der Waals surface area contributed by atoms with E-state index in [1.165, 1.54) is 0 Å². The fraction of sp³-hybridized carbons (Fsp3) is 0.333. The van der Waals surface area contributed by atoms with E-state index < -0.39 is 6.10 Å². The van der Waals surface area contributed by atoms with Crippen molar-refractivity contribution in [1.82, 2.24) is 5.32 Å². The Bertz CT molecular complexity index is 569. The molecule has 0 fully saturated rings. The van der Waals surface area contributed by atoms with E-state index in [4.69, 9.17) is 0 Å². The molecule has 2 rings (SSSR count). The van der Waals surface area contributed by atoms with Gasteiger partial charge in [-0.1, -0.05) is 48.0 Å². The highest BCUT2D eigenvalue weighted by Crippen LogP contribution is 2.18. The summed E-state index contributed by atoms with van der Waals surface area (Å²) in [5, 5.41) is 23.3. The molecular weight excluding hydrogens is 262 g/mol. The summed E-state index contributed by atoms with van der Waals surface area (Å²) in [6.07, 6.45) is 0.161. The molecular formula is C18H23NO2. The number of phenols is 1. The van der Waals surface area contributed by atoms with Gasteiger partial charge in [-0.3, -0.25) is 0 Å². The summed E-state index contributed by atoms with van der Waals surface area (Å²) in [5.74, 6) is 0.290. The second kappa shape index (κ2) is 7.25. The fourth-order valence-electron chi connectivity index (χ4n) is 2.30. The lowest BCUT2D eigenvalue weighted by Gasteiger charge is -2.21. The fourth-order valence-corrected chi connectivity index (χ4v) is 2.30. The summed E-state index contributed by atoms with van der Waals surface area (Å²) in [6.45, 7) is 4.50. The Morgan fingerprint density at radius 3 is 2.52 bits per heavy atom. The number of aliphatic hydroxyl groups is 1. The van der Waals surface area contributed by atoms with Crippen molar-refractivity contribution in [1.29, 1.82) is 0 Å². The van der Waals surface area contributed by atoms with Crippen LogP contribution < -0.4 is 5.32 Å². The molecule has 2 aromatic carbocycles. The number of hydrogen-bond donors (Lipinski definition) is 3. The van der Waals surface area contributed by atoms with Crippen molar-refractivity contribution in [3.05, 3.63) is 65.2 Å². The van der Waals surface area contributed by atoms with Crippen molar-refractivity contribution in [2.45, 2.75) is 39.0 Å². The van der Waals surface area contributed by atoms with Crippen molar-refractivity contribution in [2.24, 2.45) is 0 Å². The normalized spacial score (nSPS) is 13.9. The van der Waals surface area contributed by atoms with Gasteiger partial charge in [-0.25, -0.2) is 0 Å². The second-order valence-corrected chi connectivity index (χ2v) is 5.56. The topological polar surface area (TPSA) is 52.5 Å². The van der Waals surface area contributed by atoms with E-state index in [2.05, 4.69) is 5.32 Å². The van der Waals surface area contributed by atoms with Crippen LogP contribution in [0, 0.1) is 6.92 Å². The first kappa shape index (κ1) is 15.5. The van der Waals surface area contributed by atoms with Gasteiger partial charge in [-0.15, -0.1) is 0 Å². The Morgan fingerprint density at radius 1 is 1.10 bits per heavy atom. The maximum absolute atomic E-state index is 10.2. The molecule has 3 nitrogen and oxygen atoms in total. The predicted molar refractivity (Wildman–Crippen MR) is 85.3 cm³/mol. The van der Waals surface area contributed by atoms with Gasteiger partial charge in [0.15, 0.2) is 0 Å². The van der Waals surface area contributed by atoms with Gasteiger partial charge in [0.05, 0.1) is 6.10 Å². The zero-order chi connectivity index (χ0) is 15.2. The van der Waals surface area contributed by atoms with Gasteiger partial charge >= 0.3 is 0 Å². The third kappa shape index (κ3) is 4.59. The van der Waals surface area contributed by atoms with Crippen molar-refractivity contribution in [2.75, 3.05) is 0 Å². The van der Waals surface area contributed by atoms with Crippen molar-refractivity contribution < 1.29 is 10.2 Å². The minimum Gasteiger partial charge on any atom is -0.508 e. The van der Waals surface area contributed by atoms with Crippen LogP contribution in [0.5, 0.6) is 5.75 Å². The van der Waals surface area contributed by atoms with E-state index in [9.17, 15) is 10.2 Å². The monoisotopic (exact) mass is 285 g/mol. The number of phenolic OH excluding ortho intramolecular Hbond substituents is 1. The predicted octanol–water partition coefficient (Wildman–Crippen LogP) is 2.78. The number of hydrogen-bond acceptors (Lipinski definition) is 3. The average Bonchev–Trinajstić information content (AvgIpc) is 2.49. The van der Waals surface area contributed by atoms with E-state index in [-0.39, 0.29) is 11.8 Å². The van der Waals surface area contributed by atoms with Crippen LogP contribution >= 0.6 is 0 Å². The summed E-state index contributed by atoms with van der Waals surface area (Å²) in [4.78, 5) is 0. The van der Waals surface area contributed by atoms with Crippen LogP contribution in [-0.4, -0.2) is 22.4 Å². The summed E-state index contributed by atoms with van der Waals surface area (Å²) in [6, 6.07) is 15.5. The van der Waals surface area contributed by atoms with Gasteiger partial charge in [-0.2, -0.15) is 0 Å². The average molecular weight is 285 g/mol. The first-order valence-electron chi connectivity index (χ1n) is 7.30. The van der Waals surface area contributed by atoms with E-state index in [1.807, 2.05) is 56.3 Å². The third-order valence-corrected chi connectivity index (χ3v) is 3.71. The molecule has 0 saturated heterocycles. The maximum atomic E-state index is 10.2. The summed E-state index contributed by atoms with van der Waals surface area (Å²) in [5.41, 5.74) is 3.09. The number of aromatic hydroxyl groups is 1. The first-order chi connectivity index (χ1) is 10.1. The number of nitrogens with one attached hydrogen (secondary N) is 1. The molecule has 3 N–H and O–H groups in total. The Balaban J connectivity index is 1.89. The molecule has 2 unspecified atom stereocenters. The Labute approximate surface area is 126 Å². The van der Waals surface area contributed by atoms with Gasteiger partial charge in [0.25, 0.3) is 0 Å². The molecule has 0 aromatic heterocycles. The van der Waals surface area contributed by atoms with E-state index >= 15 is 0 Å². The van der Waals surface area contributed by atoms with E-state index in [0.717, 1.165) is 16.7 Å². The number of benzene rings is 2. The third-order valence-electron chi connectivity index (χ3n) is 3.71. The summed E-state index contributed by atoms with van der Waals surface area (Å²) >= 11 is 0. The zero-order valence-electron chi connectivity index (χ0n) is 12.6. The highest BCUT2D eigenvalue weighted by molar-refractivity contribution is 5.35.